The Balaban J connectivity index is 2.16. The molecule has 0 spiro atoms. The highest BCUT2D eigenvalue weighted by Gasteiger charge is 2.23. The van der Waals surface area contributed by atoms with Gasteiger partial charge in [-0.2, -0.15) is 0 Å². The number of phenolic OH excluding ortho intramolecular Hbond substituents is 1. The van der Waals surface area contributed by atoms with E-state index in [0.717, 1.165) is 18.4 Å². The molecular weight excluding hydrogens is 212 g/mol. The SMILES string of the molecule is Cc1cc(CC2(C)C=CC(O)=CC2)ccc1O. The molecule has 0 aromatic heterocycles. The Labute approximate surface area is 102 Å². The van der Waals surface area contributed by atoms with Crippen molar-refractivity contribution in [1.82, 2.24) is 0 Å². The Hall–Kier alpha value is -1.70. The minimum absolute atomic E-state index is 0.0512. The van der Waals surface area contributed by atoms with Crippen molar-refractivity contribution < 1.29 is 10.2 Å². The van der Waals surface area contributed by atoms with E-state index < -0.39 is 0 Å². The highest BCUT2D eigenvalue weighted by molar-refractivity contribution is 5.36. The second kappa shape index (κ2) is 4.28. The summed E-state index contributed by atoms with van der Waals surface area (Å²) in [6.45, 7) is 4.08. The number of hydrogen-bond acceptors (Lipinski definition) is 2. The van der Waals surface area contributed by atoms with Crippen LogP contribution in [0.4, 0.5) is 0 Å². The molecule has 0 radical (unpaired) electrons. The molecule has 0 aliphatic heterocycles. The van der Waals surface area contributed by atoms with Crippen LogP contribution in [0, 0.1) is 12.3 Å². The maximum atomic E-state index is 9.49. The maximum absolute atomic E-state index is 9.49. The zero-order chi connectivity index (χ0) is 12.5. The van der Waals surface area contributed by atoms with Crippen LogP contribution in [0.15, 0.2) is 42.2 Å². The van der Waals surface area contributed by atoms with E-state index in [-0.39, 0.29) is 5.41 Å². The third kappa shape index (κ3) is 2.70. The van der Waals surface area contributed by atoms with Gasteiger partial charge in [-0.1, -0.05) is 25.1 Å². The van der Waals surface area contributed by atoms with Gasteiger partial charge in [-0.25, -0.2) is 0 Å². The molecule has 1 unspecified atom stereocenters. The second-order valence-corrected chi connectivity index (χ2v) is 5.12. The van der Waals surface area contributed by atoms with Gasteiger partial charge < -0.3 is 10.2 Å². The molecular formula is C15H18O2. The summed E-state index contributed by atoms with van der Waals surface area (Å²) in [6, 6.07) is 5.72. The van der Waals surface area contributed by atoms with Crippen LogP contribution in [0.5, 0.6) is 5.75 Å². The van der Waals surface area contributed by atoms with Crippen LogP contribution in [-0.4, -0.2) is 10.2 Å². The van der Waals surface area contributed by atoms with Gasteiger partial charge in [0.15, 0.2) is 0 Å². The van der Waals surface area contributed by atoms with E-state index in [1.54, 1.807) is 12.1 Å². The molecule has 2 N–H and O–H groups in total. The highest BCUT2D eigenvalue weighted by atomic mass is 16.3. The Kier molecular flexibility index (Phi) is 2.97. The Bertz CT molecular complexity index is 486. The van der Waals surface area contributed by atoms with E-state index in [1.165, 1.54) is 5.56 Å². The lowest BCUT2D eigenvalue weighted by molar-refractivity contribution is 0.380. The zero-order valence-corrected chi connectivity index (χ0v) is 10.3. The van der Waals surface area contributed by atoms with Gasteiger partial charge in [-0.05, 0) is 54.5 Å². The molecule has 2 heteroatoms. The maximum Gasteiger partial charge on any atom is 0.118 e. The number of aryl methyl sites for hydroxylation is 1. The molecule has 0 heterocycles. The Morgan fingerprint density at radius 1 is 1.29 bits per heavy atom. The van der Waals surface area contributed by atoms with Crippen molar-refractivity contribution in [3.63, 3.8) is 0 Å². The molecule has 2 rings (SSSR count). The lowest BCUT2D eigenvalue weighted by Gasteiger charge is -2.27. The van der Waals surface area contributed by atoms with E-state index in [2.05, 4.69) is 13.0 Å². The van der Waals surface area contributed by atoms with E-state index >= 15 is 0 Å². The predicted molar refractivity (Wildman–Crippen MR) is 69.1 cm³/mol. The van der Waals surface area contributed by atoms with Crippen molar-refractivity contribution in [2.75, 3.05) is 0 Å². The summed E-state index contributed by atoms with van der Waals surface area (Å²) in [7, 11) is 0. The monoisotopic (exact) mass is 230 g/mol. The fraction of sp³-hybridized carbons (Fsp3) is 0.333. The van der Waals surface area contributed by atoms with Crippen LogP contribution >= 0.6 is 0 Å². The zero-order valence-electron chi connectivity index (χ0n) is 10.3. The van der Waals surface area contributed by atoms with Crippen LogP contribution in [0.1, 0.15) is 24.5 Å². The van der Waals surface area contributed by atoms with Gasteiger partial charge in [0.1, 0.15) is 11.5 Å². The normalized spacial score (nSPS) is 23.5. The first kappa shape index (κ1) is 11.8. The average Bonchev–Trinajstić information content (AvgIpc) is 2.28. The number of benzene rings is 1. The summed E-state index contributed by atoms with van der Waals surface area (Å²) in [5, 5.41) is 18.8. The predicted octanol–water partition coefficient (Wildman–Crippen LogP) is 3.65. The molecule has 0 fully saturated rings. The van der Waals surface area contributed by atoms with Gasteiger partial charge in [0.25, 0.3) is 0 Å². The van der Waals surface area contributed by atoms with Crippen molar-refractivity contribution >= 4 is 0 Å². The van der Waals surface area contributed by atoms with E-state index in [1.807, 2.05) is 25.1 Å². The fourth-order valence-corrected chi connectivity index (χ4v) is 2.19. The lowest BCUT2D eigenvalue weighted by Crippen LogP contribution is -2.18. The van der Waals surface area contributed by atoms with Crippen molar-refractivity contribution in [1.29, 1.82) is 0 Å². The van der Waals surface area contributed by atoms with Gasteiger partial charge >= 0.3 is 0 Å². The lowest BCUT2D eigenvalue weighted by atomic mass is 9.78. The summed E-state index contributed by atoms with van der Waals surface area (Å²) in [4.78, 5) is 0. The standard InChI is InChI=1S/C15H18O2/c1-11-9-12(3-4-14(11)17)10-15(2)7-5-13(16)6-8-15/h3-7,9,16-17H,8,10H2,1-2H3. The summed E-state index contributed by atoms with van der Waals surface area (Å²) >= 11 is 0. The Morgan fingerprint density at radius 3 is 2.65 bits per heavy atom. The fourth-order valence-electron chi connectivity index (χ4n) is 2.19. The molecule has 1 aromatic carbocycles. The summed E-state index contributed by atoms with van der Waals surface area (Å²) in [5.74, 6) is 0.694. The molecule has 0 saturated heterocycles. The largest absolute Gasteiger partial charge is 0.508 e. The van der Waals surface area contributed by atoms with Crippen molar-refractivity contribution in [3.8, 4) is 5.75 Å². The number of rotatable bonds is 2. The quantitative estimate of drug-likeness (QED) is 0.814. The minimum Gasteiger partial charge on any atom is -0.508 e. The van der Waals surface area contributed by atoms with Crippen molar-refractivity contribution in [2.24, 2.45) is 5.41 Å². The van der Waals surface area contributed by atoms with Gasteiger partial charge in [0.05, 0.1) is 0 Å². The van der Waals surface area contributed by atoms with Crippen LogP contribution in [0.25, 0.3) is 0 Å². The van der Waals surface area contributed by atoms with E-state index in [0.29, 0.717) is 11.5 Å². The first-order valence-electron chi connectivity index (χ1n) is 5.85. The third-order valence-corrected chi connectivity index (χ3v) is 3.30. The molecule has 0 saturated carbocycles. The summed E-state index contributed by atoms with van der Waals surface area (Å²) in [5.41, 5.74) is 2.17. The molecule has 1 atom stereocenters. The number of aromatic hydroxyl groups is 1. The first-order valence-corrected chi connectivity index (χ1v) is 5.85. The molecule has 1 aliphatic rings. The molecule has 0 bridgehead atoms. The highest BCUT2D eigenvalue weighted by Crippen LogP contribution is 2.33. The van der Waals surface area contributed by atoms with Gasteiger partial charge in [0, 0.05) is 0 Å². The third-order valence-electron chi connectivity index (χ3n) is 3.30. The van der Waals surface area contributed by atoms with Crippen LogP contribution < -0.4 is 0 Å². The Morgan fingerprint density at radius 2 is 2.06 bits per heavy atom. The number of aliphatic hydroxyl groups is 1. The molecule has 0 amide bonds. The molecule has 90 valence electrons. The van der Waals surface area contributed by atoms with Gasteiger partial charge in [-0.3, -0.25) is 0 Å². The van der Waals surface area contributed by atoms with E-state index in [4.69, 9.17) is 0 Å². The number of allylic oxidation sites excluding steroid dienone is 3. The van der Waals surface area contributed by atoms with Crippen molar-refractivity contribution in [3.05, 3.63) is 53.3 Å². The topological polar surface area (TPSA) is 40.5 Å². The van der Waals surface area contributed by atoms with E-state index in [9.17, 15) is 10.2 Å². The summed E-state index contributed by atoms with van der Waals surface area (Å²) in [6.07, 6.45) is 7.43. The number of phenols is 1. The number of hydrogen-bond donors (Lipinski definition) is 2. The summed E-state index contributed by atoms with van der Waals surface area (Å²) < 4.78 is 0. The smallest absolute Gasteiger partial charge is 0.118 e. The average molecular weight is 230 g/mol. The number of aliphatic hydroxyl groups excluding tert-OH is 1. The van der Waals surface area contributed by atoms with Gasteiger partial charge in [-0.15, -0.1) is 0 Å². The van der Waals surface area contributed by atoms with Gasteiger partial charge in [0.2, 0.25) is 0 Å². The molecule has 17 heavy (non-hydrogen) atoms. The van der Waals surface area contributed by atoms with Crippen LogP contribution in [0.2, 0.25) is 0 Å². The van der Waals surface area contributed by atoms with Crippen LogP contribution in [0.3, 0.4) is 0 Å². The molecule has 2 nitrogen and oxygen atoms in total. The molecule has 1 aliphatic carbocycles. The first-order chi connectivity index (χ1) is 7.98. The van der Waals surface area contributed by atoms with Crippen molar-refractivity contribution in [2.45, 2.75) is 26.7 Å². The minimum atomic E-state index is 0.0512. The molecule has 1 aromatic rings. The van der Waals surface area contributed by atoms with Crippen LogP contribution in [-0.2, 0) is 6.42 Å². The second-order valence-electron chi connectivity index (χ2n) is 5.12.